The second-order valence-corrected chi connectivity index (χ2v) is 7.42. The lowest BCUT2D eigenvalue weighted by molar-refractivity contribution is 0.133. The van der Waals surface area contributed by atoms with E-state index in [1.165, 1.54) is 6.42 Å². The van der Waals surface area contributed by atoms with E-state index in [0.717, 1.165) is 24.8 Å². The fourth-order valence-corrected chi connectivity index (χ4v) is 3.79. The largest absolute Gasteiger partial charge is 0.396 e. The SMILES string of the molecule is CCC1(CNS(=O)(=O)c2ccc(CCO)cc2)CCC1. The minimum absolute atomic E-state index is 0.0728. The van der Waals surface area contributed by atoms with Crippen LogP contribution >= 0.6 is 0 Å². The first-order valence-electron chi connectivity index (χ1n) is 7.21. The van der Waals surface area contributed by atoms with E-state index in [1.807, 2.05) is 0 Å². The molecule has 2 N–H and O–H groups in total. The molecule has 0 radical (unpaired) electrons. The van der Waals surface area contributed by atoms with E-state index in [2.05, 4.69) is 11.6 Å². The van der Waals surface area contributed by atoms with E-state index < -0.39 is 10.0 Å². The van der Waals surface area contributed by atoms with Crippen molar-refractivity contribution in [2.24, 2.45) is 5.41 Å². The molecule has 1 fully saturated rings. The van der Waals surface area contributed by atoms with Crippen molar-refractivity contribution in [2.75, 3.05) is 13.2 Å². The van der Waals surface area contributed by atoms with Crippen molar-refractivity contribution in [3.05, 3.63) is 29.8 Å². The molecule has 20 heavy (non-hydrogen) atoms. The fraction of sp³-hybridized carbons (Fsp3) is 0.600. The Morgan fingerprint density at radius 3 is 2.35 bits per heavy atom. The Balaban J connectivity index is 2.02. The van der Waals surface area contributed by atoms with Gasteiger partial charge in [0.25, 0.3) is 0 Å². The quantitative estimate of drug-likeness (QED) is 0.810. The van der Waals surface area contributed by atoms with Crippen molar-refractivity contribution in [1.29, 1.82) is 0 Å². The van der Waals surface area contributed by atoms with Gasteiger partial charge < -0.3 is 5.11 Å². The van der Waals surface area contributed by atoms with E-state index in [9.17, 15) is 8.42 Å². The standard InChI is InChI=1S/C15H23NO3S/c1-2-15(9-3-10-15)12-16-20(18,19)14-6-4-13(5-7-14)8-11-17/h4-7,16-17H,2-3,8-12H2,1H3. The number of benzene rings is 1. The molecule has 0 saturated heterocycles. The number of aliphatic hydroxyl groups excluding tert-OH is 1. The summed E-state index contributed by atoms with van der Waals surface area (Å²) >= 11 is 0. The molecular formula is C15H23NO3S. The number of aliphatic hydroxyl groups is 1. The molecule has 1 saturated carbocycles. The third-order valence-corrected chi connectivity index (χ3v) is 5.85. The molecule has 0 amide bonds. The zero-order chi connectivity index (χ0) is 14.6. The summed E-state index contributed by atoms with van der Waals surface area (Å²) in [4.78, 5) is 0.296. The van der Waals surface area contributed by atoms with Crippen molar-refractivity contribution < 1.29 is 13.5 Å². The average molecular weight is 297 g/mol. The molecule has 0 bridgehead atoms. The van der Waals surface area contributed by atoms with Gasteiger partial charge in [0.05, 0.1) is 4.90 Å². The van der Waals surface area contributed by atoms with Gasteiger partial charge in [-0.25, -0.2) is 13.1 Å². The topological polar surface area (TPSA) is 66.4 Å². The summed E-state index contributed by atoms with van der Waals surface area (Å²) in [5, 5.41) is 8.85. The van der Waals surface area contributed by atoms with Gasteiger partial charge in [-0.15, -0.1) is 0 Å². The third-order valence-electron chi connectivity index (χ3n) is 4.44. The van der Waals surface area contributed by atoms with Crippen molar-refractivity contribution in [1.82, 2.24) is 4.72 Å². The van der Waals surface area contributed by atoms with Crippen LogP contribution in [0.4, 0.5) is 0 Å². The predicted octanol–water partition coefficient (Wildman–Crippen LogP) is 2.08. The second-order valence-electron chi connectivity index (χ2n) is 5.65. The molecule has 0 heterocycles. The molecule has 0 aliphatic heterocycles. The lowest BCUT2D eigenvalue weighted by Crippen LogP contribution is -2.41. The fourth-order valence-electron chi connectivity index (χ4n) is 2.63. The first-order chi connectivity index (χ1) is 9.51. The Labute approximate surface area is 121 Å². The van der Waals surface area contributed by atoms with Gasteiger partial charge in [-0.1, -0.05) is 25.5 Å². The molecule has 112 valence electrons. The predicted molar refractivity (Wildman–Crippen MR) is 79.0 cm³/mol. The summed E-state index contributed by atoms with van der Waals surface area (Å²) in [5.41, 5.74) is 1.11. The van der Waals surface area contributed by atoms with Crippen LogP contribution in [-0.2, 0) is 16.4 Å². The number of hydrogen-bond acceptors (Lipinski definition) is 3. The Hall–Kier alpha value is -0.910. The summed E-state index contributed by atoms with van der Waals surface area (Å²) in [7, 11) is -3.42. The van der Waals surface area contributed by atoms with Crippen LogP contribution in [0.2, 0.25) is 0 Å². The average Bonchev–Trinajstić information content (AvgIpc) is 2.39. The molecule has 0 atom stereocenters. The van der Waals surface area contributed by atoms with Crippen LogP contribution in [0.1, 0.15) is 38.2 Å². The van der Waals surface area contributed by atoms with Crippen LogP contribution in [0.25, 0.3) is 0 Å². The monoisotopic (exact) mass is 297 g/mol. The molecule has 1 aliphatic carbocycles. The van der Waals surface area contributed by atoms with Gasteiger partial charge in [0.15, 0.2) is 0 Å². The zero-order valence-electron chi connectivity index (χ0n) is 11.9. The summed E-state index contributed by atoms with van der Waals surface area (Å²) in [6.07, 6.45) is 4.99. The van der Waals surface area contributed by atoms with Crippen molar-refractivity contribution in [2.45, 2.75) is 43.9 Å². The van der Waals surface area contributed by atoms with Gasteiger partial charge in [-0.05, 0) is 48.8 Å². The molecule has 1 aliphatic rings. The minimum Gasteiger partial charge on any atom is -0.396 e. The van der Waals surface area contributed by atoms with Gasteiger partial charge in [-0.2, -0.15) is 0 Å². The minimum atomic E-state index is -3.42. The highest BCUT2D eigenvalue weighted by atomic mass is 32.2. The Morgan fingerprint density at radius 2 is 1.90 bits per heavy atom. The zero-order valence-corrected chi connectivity index (χ0v) is 12.7. The van der Waals surface area contributed by atoms with Gasteiger partial charge in [0, 0.05) is 13.2 Å². The lowest BCUT2D eigenvalue weighted by Gasteiger charge is -2.41. The number of hydrogen-bond donors (Lipinski definition) is 2. The maximum Gasteiger partial charge on any atom is 0.240 e. The van der Waals surface area contributed by atoms with E-state index >= 15 is 0 Å². The highest BCUT2D eigenvalue weighted by Crippen LogP contribution is 2.43. The normalized spacial score (nSPS) is 17.7. The Kier molecular flexibility index (Phi) is 4.83. The van der Waals surface area contributed by atoms with Crippen LogP contribution in [0.5, 0.6) is 0 Å². The summed E-state index contributed by atoms with van der Waals surface area (Å²) in [6, 6.07) is 6.72. The third kappa shape index (κ3) is 3.40. The van der Waals surface area contributed by atoms with E-state index in [0.29, 0.717) is 17.9 Å². The molecule has 5 heteroatoms. The highest BCUT2D eigenvalue weighted by molar-refractivity contribution is 7.89. The molecular weight excluding hydrogens is 274 g/mol. The summed E-state index contributed by atoms with van der Waals surface area (Å²) in [6.45, 7) is 2.73. The first-order valence-corrected chi connectivity index (χ1v) is 8.69. The first kappa shape index (κ1) is 15.5. The van der Waals surface area contributed by atoms with Crippen LogP contribution in [-0.4, -0.2) is 26.7 Å². The van der Waals surface area contributed by atoms with Gasteiger partial charge in [0.2, 0.25) is 10.0 Å². The smallest absolute Gasteiger partial charge is 0.240 e. The molecule has 2 rings (SSSR count). The maximum absolute atomic E-state index is 12.2. The molecule has 1 aromatic carbocycles. The Bertz CT molecular complexity index is 527. The molecule has 0 unspecified atom stereocenters. The van der Waals surface area contributed by atoms with Crippen molar-refractivity contribution in [3.8, 4) is 0 Å². The van der Waals surface area contributed by atoms with Gasteiger partial charge >= 0.3 is 0 Å². The lowest BCUT2D eigenvalue weighted by atomic mass is 9.67. The summed E-state index contributed by atoms with van der Waals surface area (Å²) < 4.78 is 27.2. The van der Waals surface area contributed by atoms with Crippen molar-refractivity contribution >= 4 is 10.0 Å². The number of sulfonamides is 1. The summed E-state index contributed by atoms with van der Waals surface area (Å²) in [5.74, 6) is 0. The van der Waals surface area contributed by atoms with E-state index in [-0.39, 0.29) is 12.0 Å². The molecule has 4 nitrogen and oxygen atoms in total. The molecule has 0 spiro atoms. The van der Waals surface area contributed by atoms with Crippen LogP contribution in [0.3, 0.4) is 0 Å². The van der Waals surface area contributed by atoms with Crippen LogP contribution < -0.4 is 4.72 Å². The maximum atomic E-state index is 12.2. The molecule has 0 aromatic heterocycles. The van der Waals surface area contributed by atoms with Crippen LogP contribution in [0.15, 0.2) is 29.2 Å². The van der Waals surface area contributed by atoms with E-state index in [4.69, 9.17) is 5.11 Å². The van der Waals surface area contributed by atoms with Crippen LogP contribution in [0, 0.1) is 5.41 Å². The highest BCUT2D eigenvalue weighted by Gasteiger charge is 2.36. The van der Waals surface area contributed by atoms with Crippen molar-refractivity contribution in [3.63, 3.8) is 0 Å². The number of nitrogens with one attached hydrogen (secondary N) is 1. The van der Waals surface area contributed by atoms with Gasteiger partial charge in [0.1, 0.15) is 0 Å². The van der Waals surface area contributed by atoms with Gasteiger partial charge in [-0.3, -0.25) is 0 Å². The van der Waals surface area contributed by atoms with E-state index in [1.54, 1.807) is 24.3 Å². The Morgan fingerprint density at radius 1 is 1.25 bits per heavy atom. The second kappa shape index (κ2) is 6.24. The molecule has 1 aromatic rings. The number of rotatable bonds is 7.